The molecule has 2 nitrogen and oxygen atoms in total. The number of rotatable bonds is 3. The molecule has 0 saturated heterocycles. The van der Waals surface area contributed by atoms with Gasteiger partial charge in [0.1, 0.15) is 0 Å². The van der Waals surface area contributed by atoms with Gasteiger partial charge in [-0.3, -0.25) is 4.79 Å². The van der Waals surface area contributed by atoms with E-state index in [2.05, 4.69) is 5.32 Å². The zero-order chi connectivity index (χ0) is 8.10. The molecule has 0 aliphatic heterocycles. The van der Waals surface area contributed by atoms with Crippen molar-refractivity contribution < 1.29 is 4.79 Å². The minimum Gasteiger partial charge on any atom is -0.329 e. The van der Waals surface area contributed by atoms with E-state index in [4.69, 9.17) is 11.8 Å². The van der Waals surface area contributed by atoms with Gasteiger partial charge in [0.25, 0.3) is 0 Å². The Balaban J connectivity index is 2.81. The molecule has 1 amide bonds. The minimum atomic E-state index is 0.653. The molecule has 0 spiro atoms. The predicted molar refractivity (Wildman–Crippen MR) is 50.0 cm³/mol. The fraction of sp³-hybridized carbons (Fsp3) is 0. The average Bonchev–Trinajstić information content (AvgIpc) is 2.07. The molecule has 11 heavy (non-hydrogen) atoms. The quantitative estimate of drug-likeness (QED) is 0.565. The second-order valence-corrected chi connectivity index (χ2v) is 3.15. The molecular weight excluding hydrogens is 177 g/mol. The summed E-state index contributed by atoms with van der Waals surface area (Å²) in [7, 11) is 0.829. The van der Waals surface area contributed by atoms with E-state index >= 15 is 0 Å². The van der Waals surface area contributed by atoms with Gasteiger partial charge in [0, 0.05) is 18.3 Å². The Morgan fingerprint density at radius 1 is 1.36 bits per heavy atom. The van der Waals surface area contributed by atoms with Gasteiger partial charge in [-0.1, -0.05) is 11.8 Å². The fourth-order valence-corrected chi connectivity index (χ4v) is 1.32. The number of benzene rings is 1. The molecule has 0 heterocycles. The molecule has 0 bridgehead atoms. The first kappa shape index (κ1) is 8.31. The number of carbonyl (C=O) groups is 1. The van der Waals surface area contributed by atoms with E-state index in [0.717, 1.165) is 18.3 Å². The van der Waals surface area contributed by atoms with Gasteiger partial charge in [0.2, 0.25) is 6.41 Å². The van der Waals surface area contributed by atoms with E-state index in [-0.39, 0.29) is 0 Å². The molecule has 0 aliphatic rings. The van der Waals surface area contributed by atoms with Crippen LogP contribution in [0.2, 0.25) is 0 Å². The second-order valence-electron chi connectivity index (χ2n) is 1.90. The van der Waals surface area contributed by atoms with Crippen molar-refractivity contribution in [2.45, 2.75) is 0 Å². The van der Waals surface area contributed by atoms with Gasteiger partial charge < -0.3 is 5.32 Å². The number of carbonyl (C=O) groups excluding carboxylic acids is 1. The summed E-state index contributed by atoms with van der Waals surface area (Å²) in [5.74, 6) is 0. The molecule has 1 N–H and O–H groups in total. The molecule has 0 saturated carbocycles. The molecule has 4 heteroatoms. The zero-order valence-electron chi connectivity index (χ0n) is 5.65. The van der Waals surface area contributed by atoms with E-state index in [9.17, 15) is 4.79 Å². The summed E-state index contributed by atoms with van der Waals surface area (Å²) in [6.45, 7) is 0. The molecule has 0 atom stereocenters. The number of hydrogen-bond acceptors (Lipinski definition) is 2. The van der Waals surface area contributed by atoms with Crippen LogP contribution >= 0.6 is 7.36 Å². The fourth-order valence-electron chi connectivity index (χ4n) is 0.687. The molecule has 0 radical (unpaired) electrons. The third-order valence-electron chi connectivity index (χ3n) is 1.20. The molecule has 1 rings (SSSR count). The van der Waals surface area contributed by atoms with Crippen LogP contribution in [0.4, 0.5) is 5.69 Å². The second kappa shape index (κ2) is 4.16. The topological polar surface area (TPSA) is 29.1 Å². The lowest BCUT2D eigenvalue weighted by molar-refractivity contribution is -0.105. The van der Waals surface area contributed by atoms with E-state index in [0.29, 0.717) is 6.41 Å². The molecule has 0 aromatic heterocycles. The van der Waals surface area contributed by atoms with Gasteiger partial charge in [0.05, 0.1) is 0 Å². The lowest BCUT2D eigenvalue weighted by Crippen LogP contribution is -1.95. The largest absolute Gasteiger partial charge is 0.329 e. The highest BCUT2D eigenvalue weighted by atomic mass is 32.4. The van der Waals surface area contributed by atoms with Crippen LogP contribution in [-0.4, -0.2) is 6.41 Å². The summed E-state index contributed by atoms with van der Waals surface area (Å²) in [5.41, 5.74) is 0.794. The maximum Gasteiger partial charge on any atom is 0.211 e. The third kappa shape index (κ3) is 2.37. The SMILES string of the molecule is O=CNc1ccc(P=S)cc1. The molecule has 56 valence electrons. The van der Waals surface area contributed by atoms with E-state index in [1.807, 2.05) is 24.3 Å². The first-order valence-corrected chi connectivity index (χ1v) is 4.91. The first-order valence-electron chi connectivity index (χ1n) is 3.00. The normalized spacial score (nSPS) is 9.45. The maximum atomic E-state index is 10.00. The van der Waals surface area contributed by atoms with Crippen molar-refractivity contribution in [3.63, 3.8) is 0 Å². The van der Waals surface area contributed by atoms with E-state index < -0.39 is 0 Å². The highest BCUT2D eigenvalue weighted by Gasteiger charge is 1.88. The Hall–Kier alpha value is -0.790. The average molecular weight is 183 g/mol. The van der Waals surface area contributed by atoms with Crippen molar-refractivity contribution in [2.75, 3.05) is 5.32 Å². The van der Waals surface area contributed by atoms with Crippen LogP contribution in [0.15, 0.2) is 24.3 Å². The van der Waals surface area contributed by atoms with Gasteiger partial charge in [-0.2, -0.15) is 0 Å². The van der Waals surface area contributed by atoms with Gasteiger partial charge in [-0.25, -0.2) is 0 Å². The standard InChI is InChI=1S/C7H6NOPS/c9-5-8-6-1-3-7(10-11)4-2-6/h1-5H,(H,8,9). The van der Waals surface area contributed by atoms with Crippen molar-refractivity contribution in [2.24, 2.45) is 0 Å². The third-order valence-corrected chi connectivity index (χ3v) is 2.34. The summed E-state index contributed by atoms with van der Waals surface area (Å²) in [4.78, 5) is 10.00. The van der Waals surface area contributed by atoms with Crippen LogP contribution in [0, 0.1) is 0 Å². The summed E-state index contributed by atoms with van der Waals surface area (Å²) in [6, 6.07) is 7.42. The Morgan fingerprint density at radius 2 is 2.00 bits per heavy atom. The highest BCUT2D eigenvalue weighted by Crippen LogP contribution is 2.05. The van der Waals surface area contributed by atoms with Crippen LogP contribution in [0.5, 0.6) is 0 Å². The Bertz CT molecular complexity index is 260. The molecule has 0 aliphatic carbocycles. The van der Waals surface area contributed by atoms with Crippen molar-refractivity contribution in [3.05, 3.63) is 24.3 Å². The smallest absolute Gasteiger partial charge is 0.211 e. The van der Waals surface area contributed by atoms with E-state index in [1.54, 1.807) is 0 Å². The van der Waals surface area contributed by atoms with E-state index in [1.165, 1.54) is 0 Å². The predicted octanol–water partition coefficient (Wildman–Crippen LogP) is 1.29. The summed E-state index contributed by atoms with van der Waals surface area (Å²) in [5, 5.41) is 3.61. The number of nitrogens with one attached hydrogen (secondary N) is 1. The van der Waals surface area contributed by atoms with Gasteiger partial charge in [-0.05, 0) is 24.3 Å². The Morgan fingerprint density at radius 3 is 2.45 bits per heavy atom. The lowest BCUT2D eigenvalue weighted by atomic mass is 10.3. The maximum absolute atomic E-state index is 10.00. The van der Waals surface area contributed by atoms with Crippen molar-refractivity contribution in [1.29, 1.82) is 0 Å². The number of anilines is 1. The molecule has 1 aromatic carbocycles. The van der Waals surface area contributed by atoms with Gasteiger partial charge in [0.15, 0.2) is 0 Å². The van der Waals surface area contributed by atoms with Crippen LogP contribution in [-0.2, 0) is 16.6 Å². The van der Waals surface area contributed by atoms with Crippen molar-refractivity contribution in [3.8, 4) is 0 Å². The van der Waals surface area contributed by atoms with Crippen LogP contribution in [0.25, 0.3) is 0 Å². The molecule has 0 fully saturated rings. The van der Waals surface area contributed by atoms with Crippen LogP contribution in [0.3, 0.4) is 0 Å². The molecule has 1 aromatic rings. The van der Waals surface area contributed by atoms with Crippen molar-refractivity contribution >= 4 is 36.6 Å². The van der Waals surface area contributed by atoms with Gasteiger partial charge in [-0.15, -0.1) is 0 Å². The molecular formula is C7H6NOPS. The molecule has 0 unspecified atom stereocenters. The van der Waals surface area contributed by atoms with Crippen LogP contribution in [0.1, 0.15) is 0 Å². The Kier molecular flexibility index (Phi) is 3.14. The summed E-state index contributed by atoms with van der Waals surface area (Å²) in [6.07, 6.45) is 0.653. The first-order chi connectivity index (χ1) is 5.36. The highest BCUT2D eigenvalue weighted by molar-refractivity contribution is 7.99. The van der Waals surface area contributed by atoms with Crippen molar-refractivity contribution in [1.82, 2.24) is 0 Å². The van der Waals surface area contributed by atoms with Crippen LogP contribution < -0.4 is 10.6 Å². The number of amides is 1. The Labute approximate surface area is 71.5 Å². The summed E-state index contributed by atoms with van der Waals surface area (Å²) >= 11 is 4.81. The monoisotopic (exact) mass is 183 g/mol. The minimum absolute atomic E-state index is 0.653. The van der Waals surface area contributed by atoms with Gasteiger partial charge >= 0.3 is 0 Å². The zero-order valence-corrected chi connectivity index (χ0v) is 7.36. The number of hydrogen-bond donors (Lipinski definition) is 1. The lowest BCUT2D eigenvalue weighted by Gasteiger charge is -1.96. The summed E-state index contributed by atoms with van der Waals surface area (Å²) < 4.78 is 0.